The van der Waals surface area contributed by atoms with Crippen LogP contribution in [0.4, 0.5) is 0 Å². The number of hydrogen-bond donors (Lipinski definition) is 1. The van der Waals surface area contributed by atoms with E-state index in [1.807, 2.05) is 13.8 Å². The molecule has 16 heavy (non-hydrogen) atoms. The number of nitrogens with one attached hydrogen (secondary N) is 1. The summed E-state index contributed by atoms with van der Waals surface area (Å²) in [4.78, 5) is 11.6. The molecule has 3 heteroatoms. The van der Waals surface area contributed by atoms with Crippen molar-refractivity contribution in [2.75, 3.05) is 7.11 Å². The van der Waals surface area contributed by atoms with Crippen molar-refractivity contribution in [3.63, 3.8) is 0 Å². The molecule has 0 saturated heterocycles. The molecule has 3 nitrogen and oxygen atoms in total. The molecule has 0 spiro atoms. The Morgan fingerprint density at radius 2 is 2.12 bits per heavy atom. The Kier molecular flexibility index (Phi) is 4.78. The van der Waals surface area contributed by atoms with E-state index in [-0.39, 0.29) is 5.97 Å². The maximum absolute atomic E-state index is 11.6. The molecular weight excluding hydrogens is 202 g/mol. The molecule has 1 rings (SSSR count). The van der Waals surface area contributed by atoms with Crippen molar-refractivity contribution >= 4 is 5.97 Å². The average molecular weight is 227 g/mol. The van der Waals surface area contributed by atoms with Gasteiger partial charge in [-0.3, -0.25) is 10.1 Å². The fourth-order valence-electron chi connectivity index (χ4n) is 2.62. The van der Waals surface area contributed by atoms with Crippen LogP contribution >= 0.6 is 0 Å². The zero-order valence-electron chi connectivity index (χ0n) is 11.0. The Bertz CT molecular complexity index is 238. The molecule has 0 radical (unpaired) electrons. The van der Waals surface area contributed by atoms with Crippen molar-refractivity contribution in [1.29, 1.82) is 0 Å². The summed E-state index contributed by atoms with van der Waals surface area (Å²) in [5.74, 6) is 0.644. The summed E-state index contributed by atoms with van der Waals surface area (Å²) in [6.07, 6.45) is 6.23. The highest BCUT2D eigenvalue weighted by molar-refractivity contribution is 5.79. The second-order valence-electron chi connectivity index (χ2n) is 5.40. The first-order valence-corrected chi connectivity index (χ1v) is 6.35. The minimum Gasteiger partial charge on any atom is -0.468 e. The lowest BCUT2D eigenvalue weighted by Crippen LogP contribution is -2.53. The number of methoxy groups -OCH3 is 1. The normalized spacial score (nSPS) is 26.5. The van der Waals surface area contributed by atoms with Gasteiger partial charge >= 0.3 is 5.97 Å². The smallest absolute Gasteiger partial charge is 0.325 e. The standard InChI is InChI=1S/C13H25NO2/c1-5-10-7-6-8-11(9-10)14-13(2,3)12(15)16-4/h10-11,14H,5-9H2,1-4H3. The molecule has 1 saturated carbocycles. The second kappa shape index (κ2) is 5.67. The largest absolute Gasteiger partial charge is 0.468 e. The van der Waals surface area contributed by atoms with Crippen LogP contribution in [0.5, 0.6) is 0 Å². The Labute approximate surface area is 98.9 Å². The monoisotopic (exact) mass is 227 g/mol. The number of hydrogen-bond acceptors (Lipinski definition) is 3. The molecule has 94 valence electrons. The maximum Gasteiger partial charge on any atom is 0.325 e. The molecule has 0 aromatic carbocycles. The summed E-state index contributed by atoms with van der Waals surface area (Å²) in [6, 6.07) is 0.466. The first kappa shape index (κ1) is 13.5. The SMILES string of the molecule is CCC1CCCC(NC(C)(C)C(=O)OC)C1. The number of rotatable bonds is 4. The van der Waals surface area contributed by atoms with Crippen LogP contribution in [0.25, 0.3) is 0 Å². The van der Waals surface area contributed by atoms with E-state index in [0.29, 0.717) is 6.04 Å². The highest BCUT2D eigenvalue weighted by Gasteiger charge is 2.32. The predicted octanol–water partition coefficient (Wildman–Crippen LogP) is 2.50. The molecule has 0 heterocycles. The van der Waals surface area contributed by atoms with E-state index in [4.69, 9.17) is 4.74 Å². The van der Waals surface area contributed by atoms with Crippen molar-refractivity contribution in [1.82, 2.24) is 5.32 Å². The van der Waals surface area contributed by atoms with Crippen LogP contribution < -0.4 is 5.32 Å². The van der Waals surface area contributed by atoms with Gasteiger partial charge in [0.1, 0.15) is 5.54 Å². The molecule has 2 unspecified atom stereocenters. The third-order valence-corrected chi connectivity index (χ3v) is 3.62. The number of carbonyl (C=O) groups excluding carboxylic acids is 1. The summed E-state index contributed by atoms with van der Waals surface area (Å²) in [5, 5.41) is 3.44. The van der Waals surface area contributed by atoms with Crippen molar-refractivity contribution in [2.45, 2.75) is 64.5 Å². The van der Waals surface area contributed by atoms with E-state index in [0.717, 1.165) is 5.92 Å². The number of esters is 1. The molecule has 0 aromatic heterocycles. The van der Waals surface area contributed by atoms with Gasteiger partial charge in [0, 0.05) is 6.04 Å². The van der Waals surface area contributed by atoms with Crippen LogP contribution in [0.3, 0.4) is 0 Å². The molecule has 1 aliphatic rings. The van der Waals surface area contributed by atoms with Gasteiger partial charge in [-0.25, -0.2) is 0 Å². The third kappa shape index (κ3) is 3.48. The number of carbonyl (C=O) groups is 1. The molecule has 1 fully saturated rings. The van der Waals surface area contributed by atoms with Crippen molar-refractivity contribution < 1.29 is 9.53 Å². The zero-order chi connectivity index (χ0) is 12.2. The van der Waals surface area contributed by atoms with Gasteiger partial charge < -0.3 is 4.74 Å². The minimum atomic E-state index is -0.560. The van der Waals surface area contributed by atoms with Gasteiger partial charge in [-0.1, -0.05) is 26.2 Å². The van der Waals surface area contributed by atoms with Gasteiger partial charge in [0.05, 0.1) is 7.11 Å². The molecule has 2 atom stereocenters. The Morgan fingerprint density at radius 3 is 2.69 bits per heavy atom. The first-order chi connectivity index (χ1) is 7.49. The lowest BCUT2D eigenvalue weighted by molar-refractivity contribution is -0.147. The van der Waals surface area contributed by atoms with E-state index in [1.54, 1.807) is 0 Å². The van der Waals surface area contributed by atoms with Crippen LogP contribution in [0, 0.1) is 5.92 Å². The third-order valence-electron chi connectivity index (χ3n) is 3.62. The molecule has 0 bridgehead atoms. The Morgan fingerprint density at radius 1 is 1.44 bits per heavy atom. The Hall–Kier alpha value is -0.570. The summed E-state index contributed by atoms with van der Waals surface area (Å²) < 4.78 is 4.81. The topological polar surface area (TPSA) is 38.3 Å². The number of ether oxygens (including phenoxy) is 1. The van der Waals surface area contributed by atoms with Crippen LogP contribution in [0.15, 0.2) is 0 Å². The van der Waals surface area contributed by atoms with Crippen LogP contribution in [0.1, 0.15) is 52.9 Å². The second-order valence-corrected chi connectivity index (χ2v) is 5.40. The molecule has 1 aliphatic carbocycles. The lowest BCUT2D eigenvalue weighted by atomic mass is 9.83. The fraction of sp³-hybridized carbons (Fsp3) is 0.923. The van der Waals surface area contributed by atoms with Gasteiger partial charge in [0.15, 0.2) is 0 Å². The van der Waals surface area contributed by atoms with Crippen molar-refractivity contribution in [3.05, 3.63) is 0 Å². The lowest BCUT2D eigenvalue weighted by Gasteiger charge is -2.34. The van der Waals surface area contributed by atoms with Crippen molar-refractivity contribution in [2.24, 2.45) is 5.92 Å². The van der Waals surface area contributed by atoms with Crippen LogP contribution in [-0.2, 0) is 9.53 Å². The Balaban J connectivity index is 2.49. The summed E-state index contributed by atoms with van der Waals surface area (Å²) in [7, 11) is 1.45. The zero-order valence-corrected chi connectivity index (χ0v) is 11.0. The molecule has 1 N–H and O–H groups in total. The highest BCUT2D eigenvalue weighted by Crippen LogP contribution is 2.27. The maximum atomic E-state index is 11.6. The van der Waals surface area contributed by atoms with Crippen LogP contribution in [0.2, 0.25) is 0 Å². The van der Waals surface area contributed by atoms with E-state index in [2.05, 4.69) is 12.2 Å². The summed E-state index contributed by atoms with van der Waals surface area (Å²) in [5.41, 5.74) is -0.560. The van der Waals surface area contributed by atoms with Crippen molar-refractivity contribution in [3.8, 4) is 0 Å². The van der Waals surface area contributed by atoms with E-state index < -0.39 is 5.54 Å². The summed E-state index contributed by atoms with van der Waals surface area (Å²) >= 11 is 0. The highest BCUT2D eigenvalue weighted by atomic mass is 16.5. The first-order valence-electron chi connectivity index (χ1n) is 6.35. The molecule has 0 aromatic rings. The van der Waals surface area contributed by atoms with E-state index in [9.17, 15) is 4.79 Å². The van der Waals surface area contributed by atoms with E-state index >= 15 is 0 Å². The van der Waals surface area contributed by atoms with Gasteiger partial charge in [-0.15, -0.1) is 0 Å². The van der Waals surface area contributed by atoms with E-state index in [1.165, 1.54) is 39.2 Å². The van der Waals surface area contributed by atoms with Gasteiger partial charge in [0.25, 0.3) is 0 Å². The molecule has 0 amide bonds. The van der Waals surface area contributed by atoms with Crippen LogP contribution in [-0.4, -0.2) is 24.7 Å². The average Bonchev–Trinajstić information content (AvgIpc) is 2.27. The predicted molar refractivity (Wildman–Crippen MR) is 65.3 cm³/mol. The molecular formula is C13H25NO2. The fourth-order valence-corrected chi connectivity index (χ4v) is 2.62. The minimum absolute atomic E-state index is 0.175. The van der Waals surface area contributed by atoms with Gasteiger partial charge in [0.2, 0.25) is 0 Å². The summed E-state index contributed by atoms with van der Waals surface area (Å²) in [6.45, 7) is 6.04. The quantitative estimate of drug-likeness (QED) is 0.750. The molecule has 0 aliphatic heterocycles. The van der Waals surface area contributed by atoms with Gasteiger partial charge in [-0.05, 0) is 32.6 Å². The van der Waals surface area contributed by atoms with Gasteiger partial charge in [-0.2, -0.15) is 0 Å².